The summed E-state index contributed by atoms with van der Waals surface area (Å²) in [6.45, 7) is 16.1. The van der Waals surface area contributed by atoms with Crippen LogP contribution in [0.5, 0.6) is 0 Å². The highest BCUT2D eigenvalue weighted by Gasteiger charge is 2.26. The summed E-state index contributed by atoms with van der Waals surface area (Å²) in [4.78, 5) is 28.1. The zero-order valence-corrected chi connectivity index (χ0v) is 40.4. The maximum absolute atomic E-state index is 14.1. The van der Waals surface area contributed by atoms with Crippen molar-refractivity contribution in [1.29, 1.82) is 0 Å². The van der Waals surface area contributed by atoms with Crippen molar-refractivity contribution in [2.75, 3.05) is 0 Å². The lowest BCUT2D eigenvalue weighted by Crippen LogP contribution is -2.20. The normalized spacial score (nSPS) is 11.2. The lowest BCUT2D eigenvalue weighted by atomic mass is 9.82. The Labute approximate surface area is 401 Å². The molecule has 0 unspecified atom stereocenters. The summed E-state index contributed by atoms with van der Waals surface area (Å²) in [6, 6.07) is 58.3. The summed E-state index contributed by atoms with van der Waals surface area (Å²) in [5, 5.41) is 8.26. The van der Waals surface area contributed by atoms with E-state index in [1.807, 2.05) is 133 Å². The average molecular weight is 903 g/mol. The summed E-state index contributed by atoms with van der Waals surface area (Å²) in [7, 11) is 0. The molecule has 6 heteroatoms. The fraction of sp³-hybridized carbons (Fsp3) is 0.226. The van der Waals surface area contributed by atoms with Crippen LogP contribution in [0.15, 0.2) is 176 Å². The predicted octanol–water partition coefficient (Wildman–Crippen LogP) is 15.8. The first-order valence-corrected chi connectivity index (χ1v) is 23.8. The molecule has 0 saturated heterocycles. The first-order valence-electron chi connectivity index (χ1n) is 23.8. The van der Waals surface area contributed by atoms with Crippen LogP contribution >= 0.6 is 0 Å². The fourth-order valence-corrected chi connectivity index (χ4v) is 8.84. The van der Waals surface area contributed by atoms with Gasteiger partial charge in [-0.15, -0.1) is 0 Å². The lowest BCUT2D eigenvalue weighted by Gasteiger charge is -2.23. The highest BCUT2D eigenvalue weighted by molar-refractivity contribution is 6.07. The van der Waals surface area contributed by atoms with Crippen molar-refractivity contribution in [1.82, 2.24) is 0 Å². The predicted molar refractivity (Wildman–Crippen MR) is 279 cm³/mol. The molecule has 9 rings (SSSR count). The Morgan fingerprint density at radius 2 is 0.676 bits per heavy atom. The Bertz CT molecular complexity index is 3020. The van der Waals surface area contributed by atoms with Gasteiger partial charge in [0, 0.05) is 11.1 Å². The molecule has 0 atom stereocenters. The van der Waals surface area contributed by atoms with E-state index in [0.717, 1.165) is 76.5 Å². The van der Waals surface area contributed by atoms with Crippen LogP contribution in [0.4, 0.5) is 0 Å². The summed E-state index contributed by atoms with van der Waals surface area (Å²) in [5.74, 6) is -0.932. The van der Waals surface area contributed by atoms with Gasteiger partial charge in [0.25, 0.3) is 0 Å². The Morgan fingerprint density at radius 1 is 0.368 bits per heavy atom. The van der Waals surface area contributed by atoms with Crippen LogP contribution in [-0.2, 0) is 64.0 Å². The van der Waals surface area contributed by atoms with Crippen molar-refractivity contribution < 1.29 is 28.5 Å². The maximum Gasteiger partial charge on any atom is 0.338 e. The molecule has 0 bridgehead atoms. The molecule has 0 heterocycles. The van der Waals surface area contributed by atoms with Gasteiger partial charge in [0.1, 0.15) is 13.2 Å². The van der Waals surface area contributed by atoms with Crippen LogP contribution in [0.25, 0.3) is 43.1 Å². The van der Waals surface area contributed by atoms with Crippen molar-refractivity contribution in [3.8, 4) is 0 Å². The molecular formula is C62H62O6. The fourth-order valence-electron chi connectivity index (χ4n) is 8.84. The molecule has 9 aromatic carbocycles. The van der Waals surface area contributed by atoms with Crippen molar-refractivity contribution in [2.45, 2.75) is 93.5 Å². The molecule has 346 valence electrons. The van der Waals surface area contributed by atoms with E-state index >= 15 is 0 Å². The second kappa shape index (κ2) is 23.1. The molecule has 0 radical (unpaired) electrons. The van der Waals surface area contributed by atoms with Gasteiger partial charge in [0.05, 0.1) is 37.6 Å². The molecule has 9 aromatic rings. The summed E-state index contributed by atoms with van der Waals surface area (Å²) in [5.41, 5.74) is 7.25. The van der Waals surface area contributed by atoms with Crippen LogP contribution in [0.3, 0.4) is 0 Å². The van der Waals surface area contributed by atoms with Crippen LogP contribution in [0, 0.1) is 0 Å². The van der Waals surface area contributed by atoms with Crippen LogP contribution in [0.2, 0.25) is 0 Å². The number of carbonyl (C=O) groups excluding carboxylic acids is 2. The minimum Gasteiger partial charge on any atom is -0.457 e. The van der Waals surface area contributed by atoms with E-state index in [-0.39, 0.29) is 13.2 Å². The van der Waals surface area contributed by atoms with E-state index in [0.29, 0.717) is 43.1 Å². The van der Waals surface area contributed by atoms with E-state index < -0.39 is 17.4 Å². The van der Waals surface area contributed by atoms with Gasteiger partial charge >= 0.3 is 11.9 Å². The van der Waals surface area contributed by atoms with Crippen molar-refractivity contribution >= 4 is 55.0 Å². The molecule has 6 nitrogen and oxygen atoms in total. The quantitative estimate of drug-likeness (QED) is 0.0800. The average Bonchev–Trinajstić information content (AvgIpc) is 3.39. The zero-order valence-electron chi connectivity index (χ0n) is 40.4. The van der Waals surface area contributed by atoms with Gasteiger partial charge in [-0.1, -0.05) is 206 Å². The number of hydrogen-bond donors (Lipinski definition) is 0. The third-order valence-corrected chi connectivity index (χ3v) is 12.0. The topological polar surface area (TPSA) is 71.1 Å². The minimum absolute atomic E-state index is 0.0677. The second-order valence-electron chi connectivity index (χ2n) is 17.2. The molecule has 0 aliphatic rings. The summed E-state index contributed by atoms with van der Waals surface area (Å²) >= 11 is 0. The Hall–Kier alpha value is -7.12. The third-order valence-electron chi connectivity index (χ3n) is 12.0. The van der Waals surface area contributed by atoms with E-state index in [2.05, 4.69) is 72.8 Å². The van der Waals surface area contributed by atoms with Gasteiger partial charge in [-0.2, -0.15) is 0 Å². The highest BCUT2D eigenvalue weighted by atomic mass is 16.5. The third kappa shape index (κ3) is 11.0. The minimum atomic E-state index is -0.490. The largest absolute Gasteiger partial charge is 0.457 e. The lowest BCUT2D eigenvalue weighted by molar-refractivity contribution is 0.0459. The Kier molecular flexibility index (Phi) is 16.6. The van der Waals surface area contributed by atoms with E-state index in [1.165, 1.54) is 0 Å². The smallest absolute Gasteiger partial charge is 0.338 e. The molecule has 0 amide bonds. The van der Waals surface area contributed by atoms with Gasteiger partial charge in [-0.25, -0.2) is 9.59 Å². The van der Waals surface area contributed by atoms with Crippen LogP contribution in [0.1, 0.15) is 108 Å². The molecule has 0 aliphatic carbocycles. The molecule has 0 saturated carbocycles. The number of ether oxygens (including phenoxy) is 4. The first kappa shape index (κ1) is 48.8. The van der Waals surface area contributed by atoms with Gasteiger partial charge in [0.2, 0.25) is 0 Å². The standard InChI is InChI=1S/C58H50O6.2C2H6/c1-58(2,3)55-32-41(56(59)63-37-53-46-26-14-10-22-42(46)51(43-23-11-15-27-47(43)53)35-61-33-39-18-6-4-7-19-39)30-31-50(55)57(60)64-38-54-48-28-16-12-24-44(48)52(45-25-13-17-29-49(45)54)36-62-34-40-20-8-5-9-21-40;2*1-2/h4-32H,33-38H2,1-3H3;2*1-2H3. The number of rotatable bonds is 14. The number of benzene rings is 9. The zero-order chi connectivity index (χ0) is 48.0. The van der Waals surface area contributed by atoms with E-state index in [4.69, 9.17) is 18.9 Å². The number of carbonyl (C=O) groups is 2. The van der Waals surface area contributed by atoms with Crippen molar-refractivity contribution in [3.05, 3.63) is 226 Å². The summed E-state index contributed by atoms with van der Waals surface area (Å²) in [6.07, 6.45) is 0. The molecule has 0 fully saturated rings. The molecule has 0 aliphatic heterocycles. The molecule has 0 aromatic heterocycles. The molecule has 0 N–H and O–H groups in total. The highest BCUT2D eigenvalue weighted by Crippen LogP contribution is 2.37. The SMILES string of the molecule is CC.CC.CC(C)(C)c1cc(C(=O)OCc2c3ccccc3c(COCc3ccccc3)c3ccccc23)ccc1C(=O)OCc1c2ccccc2c(COCc2ccccc2)c2ccccc12. The number of hydrogen-bond acceptors (Lipinski definition) is 6. The number of fused-ring (bicyclic) bond motifs is 4. The van der Waals surface area contributed by atoms with E-state index in [1.54, 1.807) is 18.2 Å². The van der Waals surface area contributed by atoms with Crippen LogP contribution < -0.4 is 0 Å². The second-order valence-corrected chi connectivity index (χ2v) is 17.2. The van der Waals surface area contributed by atoms with Crippen molar-refractivity contribution in [2.24, 2.45) is 0 Å². The van der Waals surface area contributed by atoms with Gasteiger partial charge in [0.15, 0.2) is 0 Å². The maximum atomic E-state index is 14.1. The van der Waals surface area contributed by atoms with Gasteiger partial charge in [-0.3, -0.25) is 0 Å². The van der Waals surface area contributed by atoms with Crippen LogP contribution in [-0.4, -0.2) is 11.9 Å². The molecule has 68 heavy (non-hydrogen) atoms. The van der Waals surface area contributed by atoms with Crippen molar-refractivity contribution in [3.63, 3.8) is 0 Å². The Balaban J connectivity index is 0.00000167. The molecular weight excluding hydrogens is 841 g/mol. The van der Waals surface area contributed by atoms with Gasteiger partial charge in [-0.05, 0) is 94.5 Å². The van der Waals surface area contributed by atoms with Gasteiger partial charge < -0.3 is 18.9 Å². The monoisotopic (exact) mass is 902 g/mol. The molecule has 0 spiro atoms. The number of esters is 2. The Morgan fingerprint density at radius 3 is 1.01 bits per heavy atom. The van der Waals surface area contributed by atoms with E-state index in [9.17, 15) is 9.59 Å². The first-order chi connectivity index (χ1) is 33.2. The summed E-state index contributed by atoms with van der Waals surface area (Å²) < 4.78 is 24.8.